The molecule has 0 radical (unpaired) electrons. The summed E-state index contributed by atoms with van der Waals surface area (Å²) in [5.74, 6) is 0.231. The topological polar surface area (TPSA) is 45.0 Å². The van der Waals surface area contributed by atoms with Crippen molar-refractivity contribution in [2.24, 2.45) is 10.2 Å². The van der Waals surface area contributed by atoms with Gasteiger partial charge in [0, 0.05) is 0 Å². The van der Waals surface area contributed by atoms with Crippen LogP contribution in [0.5, 0.6) is 5.75 Å². The molecule has 0 amide bonds. The number of rotatable bonds is 2. The first-order valence-corrected chi connectivity index (χ1v) is 5.01. The van der Waals surface area contributed by atoms with Gasteiger partial charge in [0.2, 0.25) is 0 Å². The fraction of sp³-hybridized carbons (Fsp3) is 0.0769. The van der Waals surface area contributed by atoms with Crippen LogP contribution in [-0.2, 0) is 0 Å². The molecule has 0 atom stereocenters. The van der Waals surface area contributed by atoms with Crippen molar-refractivity contribution in [3.63, 3.8) is 0 Å². The number of phenols is 1. The van der Waals surface area contributed by atoms with Crippen LogP contribution in [0.15, 0.2) is 58.8 Å². The molecule has 1 N–H and O–H groups in total. The van der Waals surface area contributed by atoms with Gasteiger partial charge in [-0.15, -0.1) is 0 Å². The average Bonchev–Trinajstić information content (AvgIpc) is 2.30. The van der Waals surface area contributed by atoms with E-state index in [1.165, 1.54) is 5.56 Å². The first-order chi connectivity index (χ1) is 7.74. The van der Waals surface area contributed by atoms with E-state index in [0.717, 1.165) is 11.4 Å². The van der Waals surface area contributed by atoms with Gasteiger partial charge in [0.05, 0.1) is 11.4 Å². The van der Waals surface area contributed by atoms with Crippen LogP contribution in [0.4, 0.5) is 11.4 Å². The summed E-state index contributed by atoms with van der Waals surface area (Å²) in [6.45, 7) is 2.03. The Hall–Kier alpha value is -2.16. The molecule has 0 unspecified atom stereocenters. The zero-order valence-corrected chi connectivity index (χ0v) is 8.96. The van der Waals surface area contributed by atoms with Gasteiger partial charge >= 0.3 is 0 Å². The standard InChI is InChI=1S/C13H12N2O/c1-10-2-4-11(5-3-10)14-15-12-6-8-13(16)9-7-12/h2-9,16H,1H3. The average molecular weight is 212 g/mol. The number of hydrogen-bond acceptors (Lipinski definition) is 3. The second-order valence-electron chi connectivity index (χ2n) is 3.55. The Labute approximate surface area is 94.1 Å². The molecule has 3 nitrogen and oxygen atoms in total. The third kappa shape index (κ3) is 2.67. The van der Waals surface area contributed by atoms with Crippen LogP contribution in [0, 0.1) is 6.92 Å². The number of azo groups is 1. The van der Waals surface area contributed by atoms with Gasteiger partial charge in [-0.25, -0.2) is 0 Å². The van der Waals surface area contributed by atoms with Crippen LogP contribution >= 0.6 is 0 Å². The van der Waals surface area contributed by atoms with Crippen molar-refractivity contribution in [3.05, 3.63) is 54.1 Å². The van der Waals surface area contributed by atoms with Crippen LogP contribution in [0.25, 0.3) is 0 Å². The van der Waals surface area contributed by atoms with Gasteiger partial charge in [0.1, 0.15) is 5.75 Å². The number of aryl methyl sites for hydroxylation is 1. The smallest absolute Gasteiger partial charge is 0.115 e. The highest BCUT2D eigenvalue weighted by Crippen LogP contribution is 2.20. The lowest BCUT2D eigenvalue weighted by molar-refractivity contribution is 0.475. The molecule has 0 spiro atoms. The zero-order valence-electron chi connectivity index (χ0n) is 8.96. The SMILES string of the molecule is Cc1ccc(N=Nc2ccc(O)cc2)cc1. The van der Waals surface area contributed by atoms with E-state index in [0.29, 0.717) is 0 Å². The Bertz CT molecular complexity index is 439. The molecule has 0 heterocycles. The van der Waals surface area contributed by atoms with Crippen LogP contribution < -0.4 is 0 Å². The van der Waals surface area contributed by atoms with Crippen molar-refractivity contribution in [1.29, 1.82) is 0 Å². The molecule has 0 bridgehead atoms. The Morgan fingerprint density at radius 3 is 1.69 bits per heavy atom. The van der Waals surface area contributed by atoms with Crippen LogP contribution in [0.1, 0.15) is 5.56 Å². The first kappa shape index (κ1) is 10.4. The van der Waals surface area contributed by atoms with Gasteiger partial charge in [-0.05, 0) is 43.3 Å². The van der Waals surface area contributed by atoms with Gasteiger partial charge in [0.25, 0.3) is 0 Å². The summed E-state index contributed by atoms with van der Waals surface area (Å²) in [6, 6.07) is 14.4. The number of nitrogens with zero attached hydrogens (tertiary/aromatic N) is 2. The Morgan fingerprint density at radius 2 is 1.19 bits per heavy atom. The van der Waals surface area contributed by atoms with E-state index in [4.69, 9.17) is 5.11 Å². The van der Waals surface area contributed by atoms with Gasteiger partial charge in [-0.3, -0.25) is 0 Å². The maximum atomic E-state index is 9.10. The molecule has 0 saturated heterocycles. The highest BCUT2D eigenvalue weighted by Gasteiger charge is 1.91. The number of hydrogen-bond donors (Lipinski definition) is 1. The molecule has 2 rings (SSSR count). The third-order valence-corrected chi connectivity index (χ3v) is 2.16. The highest BCUT2D eigenvalue weighted by atomic mass is 16.3. The van der Waals surface area contributed by atoms with Gasteiger partial charge in [0.15, 0.2) is 0 Å². The molecule has 3 heteroatoms. The molecule has 2 aromatic rings. The lowest BCUT2D eigenvalue weighted by atomic mass is 10.2. The minimum absolute atomic E-state index is 0.231. The van der Waals surface area contributed by atoms with E-state index in [9.17, 15) is 0 Å². The molecule has 0 saturated carbocycles. The molecule has 0 aliphatic heterocycles. The quantitative estimate of drug-likeness (QED) is 0.748. The molecule has 80 valence electrons. The van der Waals surface area contributed by atoms with E-state index in [1.807, 2.05) is 31.2 Å². The van der Waals surface area contributed by atoms with E-state index in [2.05, 4.69) is 10.2 Å². The minimum Gasteiger partial charge on any atom is -0.508 e. The van der Waals surface area contributed by atoms with Crippen molar-refractivity contribution >= 4 is 11.4 Å². The maximum absolute atomic E-state index is 9.10. The summed E-state index contributed by atoms with van der Waals surface area (Å²) < 4.78 is 0. The maximum Gasteiger partial charge on any atom is 0.115 e. The van der Waals surface area contributed by atoms with Crippen LogP contribution in [0.3, 0.4) is 0 Å². The summed E-state index contributed by atoms with van der Waals surface area (Å²) in [6.07, 6.45) is 0. The number of aromatic hydroxyl groups is 1. The van der Waals surface area contributed by atoms with Crippen molar-refractivity contribution < 1.29 is 5.11 Å². The van der Waals surface area contributed by atoms with E-state index in [-0.39, 0.29) is 5.75 Å². The summed E-state index contributed by atoms with van der Waals surface area (Å²) in [5, 5.41) is 17.3. The predicted octanol–water partition coefficient (Wildman–Crippen LogP) is 4.12. The Balaban J connectivity index is 2.15. The van der Waals surface area contributed by atoms with Crippen molar-refractivity contribution in [2.45, 2.75) is 6.92 Å². The first-order valence-electron chi connectivity index (χ1n) is 5.01. The molecule has 0 aliphatic carbocycles. The second kappa shape index (κ2) is 4.57. The molecule has 0 aromatic heterocycles. The summed E-state index contributed by atoms with van der Waals surface area (Å²) in [4.78, 5) is 0. The fourth-order valence-electron chi connectivity index (χ4n) is 1.25. The number of benzene rings is 2. The summed E-state index contributed by atoms with van der Waals surface area (Å²) in [7, 11) is 0. The van der Waals surface area contributed by atoms with E-state index >= 15 is 0 Å². The van der Waals surface area contributed by atoms with Gasteiger partial charge in [-0.2, -0.15) is 10.2 Å². The third-order valence-electron chi connectivity index (χ3n) is 2.16. The highest BCUT2D eigenvalue weighted by molar-refractivity contribution is 5.42. The predicted molar refractivity (Wildman–Crippen MR) is 63.5 cm³/mol. The second-order valence-corrected chi connectivity index (χ2v) is 3.55. The molecule has 0 aliphatic rings. The van der Waals surface area contributed by atoms with Gasteiger partial charge in [-0.1, -0.05) is 17.7 Å². The monoisotopic (exact) mass is 212 g/mol. The Morgan fingerprint density at radius 1 is 0.750 bits per heavy atom. The van der Waals surface area contributed by atoms with Gasteiger partial charge < -0.3 is 5.11 Å². The molecule has 16 heavy (non-hydrogen) atoms. The summed E-state index contributed by atoms with van der Waals surface area (Å²) >= 11 is 0. The number of phenolic OH excluding ortho intramolecular Hbond substituents is 1. The minimum atomic E-state index is 0.231. The summed E-state index contributed by atoms with van der Waals surface area (Å²) in [5.41, 5.74) is 2.74. The largest absolute Gasteiger partial charge is 0.508 e. The van der Waals surface area contributed by atoms with Crippen LogP contribution in [0.2, 0.25) is 0 Å². The zero-order chi connectivity index (χ0) is 11.4. The fourth-order valence-corrected chi connectivity index (χ4v) is 1.25. The van der Waals surface area contributed by atoms with Crippen molar-refractivity contribution in [3.8, 4) is 5.75 Å². The van der Waals surface area contributed by atoms with E-state index < -0.39 is 0 Å². The van der Waals surface area contributed by atoms with Crippen molar-refractivity contribution in [2.75, 3.05) is 0 Å². The van der Waals surface area contributed by atoms with Crippen molar-refractivity contribution in [1.82, 2.24) is 0 Å². The molecular formula is C13H12N2O. The lowest BCUT2D eigenvalue weighted by Crippen LogP contribution is -1.68. The van der Waals surface area contributed by atoms with Crippen LogP contribution in [-0.4, -0.2) is 5.11 Å². The molecule has 2 aromatic carbocycles. The Kier molecular flexibility index (Phi) is 2.96. The molecular weight excluding hydrogens is 200 g/mol. The normalized spacial score (nSPS) is 10.8. The lowest BCUT2D eigenvalue weighted by Gasteiger charge is -1.94. The van der Waals surface area contributed by atoms with E-state index in [1.54, 1.807) is 24.3 Å². The molecule has 0 fully saturated rings.